The Morgan fingerprint density at radius 3 is 2.30 bits per heavy atom. The Labute approximate surface area is 129 Å². The van der Waals surface area contributed by atoms with Crippen LogP contribution in [-0.2, 0) is 4.79 Å². The highest BCUT2D eigenvalue weighted by atomic mass is 32.2. The van der Waals surface area contributed by atoms with Crippen LogP contribution in [0.4, 0.5) is 5.69 Å². The van der Waals surface area contributed by atoms with Gasteiger partial charge in [0.05, 0.1) is 4.91 Å². The molecule has 5 heteroatoms. The minimum atomic E-state index is 0.00619. The average Bonchev–Trinajstić information content (AvgIpc) is 2.65. The van der Waals surface area contributed by atoms with E-state index in [0.717, 1.165) is 11.3 Å². The Kier molecular flexibility index (Phi) is 4.50. The van der Waals surface area contributed by atoms with Gasteiger partial charge >= 0.3 is 0 Å². The second-order valence-electron chi connectivity index (χ2n) is 5.13. The predicted octanol–water partition coefficient (Wildman–Crippen LogP) is 3.36. The van der Waals surface area contributed by atoms with E-state index in [4.69, 9.17) is 12.2 Å². The third kappa shape index (κ3) is 3.04. The van der Waals surface area contributed by atoms with Crippen molar-refractivity contribution in [1.29, 1.82) is 0 Å². The molecule has 1 aromatic rings. The SMILES string of the molecule is CC(C)N1C(=O)C(=Cc2ccc(N(C)C)cc2)SC1=S. The van der Waals surface area contributed by atoms with Gasteiger partial charge in [0.25, 0.3) is 5.91 Å². The van der Waals surface area contributed by atoms with Crippen LogP contribution < -0.4 is 4.90 Å². The summed E-state index contributed by atoms with van der Waals surface area (Å²) in [5.74, 6) is 0.00619. The summed E-state index contributed by atoms with van der Waals surface area (Å²) in [4.78, 5) is 16.7. The van der Waals surface area contributed by atoms with Crippen LogP contribution in [-0.4, -0.2) is 35.3 Å². The summed E-state index contributed by atoms with van der Waals surface area (Å²) in [5, 5.41) is 0. The monoisotopic (exact) mass is 306 g/mol. The van der Waals surface area contributed by atoms with Gasteiger partial charge < -0.3 is 4.90 Å². The number of hydrogen-bond donors (Lipinski definition) is 0. The zero-order valence-electron chi connectivity index (χ0n) is 12.1. The van der Waals surface area contributed by atoms with Crippen LogP contribution in [0.25, 0.3) is 6.08 Å². The average molecular weight is 306 g/mol. The summed E-state index contributed by atoms with van der Waals surface area (Å²) < 4.78 is 0.640. The molecular weight excluding hydrogens is 288 g/mol. The van der Waals surface area contributed by atoms with Crippen molar-refractivity contribution < 1.29 is 4.79 Å². The van der Waals surface area contributed by atoms with Crippen molar-refractivity contribution in [2.75, 3.05) is 19.0 Å². The largest absolute Gasteiger partial charge is 0.378 e. The lowest BCUT2D eigenvalue weighted by Gasteiger charge is -2.18. The molecule has 1 aliphatic rings. The Bertz CT molecular complexity index is 562. The molecule has 1 saturated heterocycles. The topological polar surface area (TPSA) is 23.6 Å². The molecule has 0 bridgehead atoms. The molecule has 1 aromatic carbocycles. The van der Waals surface area contributed by atoms with Gasteiger partial charge in [-0.05, 0) is 37.6 Å². The molecule has 1 amide bonds. The Morgan fingerprint density at radius 2 is 1.85 bits per heavy atom. The van der Waals surface area contributed by atoms with Gasteiger partial charge in [-0.25, -0.2) is 0 Å². The maximum Gasteiger partial charge on any atom is 0.266 e. The smallest absolute Gasteiger partial charge is 0.266 e. The molecule has 106 valence electrons. The second kappa shape index (κ2) is 5.97. The lowest BCUT2D eigenvalue weighted by molar-refractivity contribution is -0.123. The Balaban J connectivity index is 2.24. The summed E-state index contributed by atoms with van der Waals surface area (Å²) in [5.41, 5.74) is 2.15. The first-order chi connectivity index (χ1) is 9.40. The molecule has 0 radical (unpaired) electrons. The Morgan fingerprint density at radius 1 is 1.25 bits per heavy atom. The summed E-state index contributed by atoms with van der Waals surface area (Å²) >= 11 is 6.64. The zero-order valence-corrected chi connectivity index (χ0v) is 13.7. The van der Waals surface area contributed by atoms with E-state index in [1.54, 1.807) is 4.90 Å². The fraction of sp³-hybridized carbons (Fsp3) is 0.333. The number of hydrogen-bond acceptors (Lipinski definition) is 4. The van der Waals surface area contributed by atoms with Crippen LogP contribution >= 0.6 is 24.0 Å². The van der Waals surface area contributed by atoms with Gasteiger partial charge in [-0.2, -0.15) is 0 Å². The number of nitrogens with zero attached hydrogens (tertiary/aromatic N) is 2. The molecule has 0 aromatic heterocycles. The van der Waals surface area contributed by atoms with Crippen LogP contribution in [0.2, 0.25) is 0 Å². The lowest BCUT2D eigenvalue weighted by Crippen LogP contribution is -2.34. The second-order valence-corrected chi connectivity index (χ2v) is 6.81. The van der Waals surface area contributed by atoms with E-state index in [2.05, 4.69) is 0 Å². The number of amides is 1. The standard InChI is InChI=1S/C15H18N2OS2/c1-10(2)17-14(18)13(20-15(17)19)9-11-5-7-12(8-6-11)16(3)4/h5-10H,1-4H3. The number of carbonyl (C=O) groups is 1. The number of anilines is 1. The minimum Gasteiger partial charge on any atom is -0.378 e. The molecule has 0 aliphatic carbocycles. The molecule has 1 fully saturated rings. The van der Waals surface area contributed by atoms with Crippen LogP contribution in [0, 0.1) is 0 Å². The third-order valence-corrected chi connectivity index (χ3v) is 4.38. The van der Waals surface area contributed by atoms with Crippen LogP contribution in [0.3, 0.4) is 0 Å². The highest BCUT2D eigenvalue weighted by Gasteiger charge is 2.33. The predicted molar refractivity (Wildman–Crippen MR) is 90.9 cm³/mol. The van der Waals surface area contributed by atoms with Crippen LogP contribution in [0.15, 0.2) is 29.2 Å². The van der Waals surface area contributed by atoms with Crippen molar-refractivity contribution in [3.05, 3.63) is 34.7 Å². The molecule has 1 aliphatic heterocycles. The van der Waals surface area contributed by atoms with Crippen LogP contribution in [0.5, 0.6) is 0 Å². The van der Waals surface area contributed by atoms with Gasteiger partial charge in [-0.15, -0.1) is 0 Å². The zero-order chi connectivity index (χ0) is 14.9. The molecule has 20 heavy (non-hydrogen) atoms. The number of rotatable bonds is 3. The summed E-state index contributed by atoms with van der Waals surface area (Å²) in [6, 6.07) is 8.20. The van der Waals surface area contributed by atoms with Crippen molar-refractivity contribution in [2.45, 2.75) is 19.9 Å². The molecule has 1 heterocycles. The third-order valence-electron chi connectivity index (χ3n) is 3.05. The fourth-order valence-electron chi connectivity index (χ4n) is 1.95. The van der Waals surface area contributed by atoms with Crippen molar-refractivity contribution in [3.8, 4) is 0 Å². The summed E-state index contributed by atoms with van der Waals surface area (Å²) in [7, 11) is 4.01. The molecule has 0 unspecified atom stereocenters. The minimum absolute atomic E-state index is 0.00619. The van der Waals surface area contributed by atoms with Crippen molar-refractivity contribution >= 4 is 46.0 Å². The first kappa shape index (κ1) is 15.1. The van der Waals surface area contributed by atoms with E-state index in [9.17, 15) is 4.79 Å². The molecule has 0 saturated carbocycles. The molecule has 2 rings (SSSR count). The highest BCUT2D eigenvalue weighted by Crippen LogP contribution is 2.33. The molecule has 0 spiro atoms. The number of carbonyl (C=O) groups excluding carboxylic acids is 1. The van der Waals surface area contributed by atoms with E-state index in [-0.39, 0.29) is 11.9 Å². The normalized spacial score (nSPS) is 17.4. The number of benzene rings is 1. The lowest BCUT2D eigenvalue weighted by atomic mass is 10.2. The number of thioether (sulfide) groups is 1. The number of thiocarbonyl (C=S) groups is 1. The van der Waals surface area contributed by atoms with E-state index in [0.29, 0.717) is 9.23 Å². The first-order valence-electron chi connectivity index (χ1n) is 6.44. The first-order valence-corrected chi connectivity index (χ1v) is 7.67. The molecule has 3 nitrogen and oxygen atoms in total. The molecule has 0 N–H and O–H groups in total. The van der Waals surface area contributed by atoms with E-state index >= 15 is 0 Å². The van der Waals surface area contributed by atoms with Gasteiger partial charge in [0.1, 0.15) is 4.32 Å². The van der Waals surface area contributed by atoms with Crippen molar-refractivity contribution in [2.24, 2.45) is 0 Å². The van der Waals surface area contributed by atoms with Gasteiger partial charge in [-0.1, -0.05) is 36.1 Å². The summed E-state index contributed by atoms with van der Waals surface area (Å²) in [6.07, 6.45) is 1.90. The quantitative estimate of drug-likeness (QED) is 0.631. The van der Waals surface area contributed by atoms with E-state index in [1.807, 2.05) is 63.2 Å². The van der Waals surface area contributed by atoms with Gasteiger partial charge in [0.2, 0.25) is 0 Å². The Hall–Kier alpha value is -1.33. The van der Waals surface area contributed by atoms with Gasteiger partial charge in [0.15, 0.2) is 0 Å². The highest BCUT2D eigenvalue weighted by molar-refractivity contribution is 8.26. The van der Waals surface area contributed by atoms with Gasteiger partial charge in [0, 0.05) is 25.8 Å². The summed E-state index contributed by atoms with van der Waals surface area (Å²) in [6.45, 7) is 3.94. The van der Waals surface area contributed by atoms with Gasteiger partial charge in [-0.3, -0.25) is 9.69 Å². The maximum atomic E-state index is 12.3. The van der Waals surface area contributed by atoms with Crippen molar-refractivity contribution in [1.82, 2.24) is 4.90 Å². The molecular formula is C15H18N2OS2. The fourth-order valence-corrected chi connectivity index (χ4v) is 3.47. The maximum absolute atomic E-state index is 12.3. The van der Waals surface area contributed by atoms with Crippen molar-refractivity contribution in [3.63, 3.8) is 0 Å². The molecule has 0 atom stereocenters. The van der Waals surface area contributed by atoms with Crippen LogP contribution in [0.1, 0.15) is 19.4 Å². The van der Waals surface area contributed by atoms with E-state index < -0.39 is 0 Å². The van der Waals surface area contributed by atoms with E-state index in [1.165, 1.54) is 11.8 Å².